The molecule has 1 unspecified atom stereocenters. The summed E-state index contributed by atoms with van der Waals surface area (Å²) >= 11 is 0. The van der Waals surface area contributed by atoms with E-state index in [1.807, 2.05) is 0 Å². The third-order valence-electron chi connectivity index (χ3n) is 4.71. The molecule has 0 amide bonds. The molecule has 1 atom stereocenters. The van der Waals surface area contributed by atoms with Crippen molar-refractivity contribution in [2.45, 2.75) is 58.4 Å². The highest BCUT2D eigenvalue weighted by atomic mass is 16.5. The van der Waals surface area contributed by atoms with E-state index in [-0.39, 0.29) is 5.54 Å². The van der Waals surface area contributed by atoms with Gasteiger partial charge in [0.1, 0.15) is 0 Å². The van der Waals surface area contributed by atoms with Gasteiger partial charge in [0.25, 0.3) is 0 Å². The summed E-state index contributed by atoms with van der Waals surface area (Å²) in [6.45, 7) is 11.7. The van der Waals surface area contributed by atoms with Crippen molar-refractivity contribution in [3.05, 3.63) is 0 Å². The second-order valence-electron chi connectivity index (χ2n) is 5.62. The summed E-state index contributed by atoms with van der Waals surface area (Å²) in [4.78, 5) is 2.64. The van der Waals surface area contributed by atoms with E-state index >= 15 is 0 Å². The van der Waals surface area contributed by atoms with Gasteiger partial charge in [-0.25, -0.2) is 0 Å². The number of hydrogen-bond donors (Lipinski definition) is 1. The summed E-state index contributed by atoms with van der Waals surface area (Å²) < 4.78 is 5.62. The molecule has 1 heterocycles. The molecule has 1 rings (SSSR count). The van der Waals surface area contributed by atoms with Crippen LogP contribution in [0, 0.1) is 5.92 Å². The summed E-state index contributed by atoms with van der Waals surface area (Å²) in [5.41, 5.74) is 6.33. The van der Waals surface area contributed by atoms with Crippen LogP contribution in [0.5, 0.6) is 0 Å². The van der Waals surface area contributed by atoms with Crippen LogP contribution in [-0.4, -0.2) is 43.3 Å². The fourth-order valence-corrected chi connectivity index (χ4v) is 3.16. The zero-order chi connectivity index (χ0) is 13.4. The lowest BCUT2D eigenvalue weighted by atomic mass is 9.87. The van der Waals surface area contributed by atoms with Gasteiger partial charge in [-0.3, -0.25) is 4.90 Å². The van der Waals surface area contributed by atoms with Crippen LogP contribution >= 0.6 is 0 Å². The summed E-state index contributed by atoms with van der Waals surface area (Å²) in [7, 11) is 0. The molecule has 0 aromatic rings. The van der Waals surface area contributed by atoms with Crippen molar-refractivity contribution in [3.8, 4) is 0 Å². The van der Waals surface area contributed by atoms with Crippen molar-refractivity contribution in [2.24, 2.45) is 11.7 Å². The molecule has 1 aliphatic heterocycles. The molecule has 3 nitrogen and oxygen atoms in total. The fourth-order valence-electron chi connectivity index (χ4n) is 3.16. The van der Waals surface area contributed by atoms with E-state index in [0.29, 0.717) is 0 Å². The minimum Gasteiger partial charge on any atom is -0.381 e. The molecule has 18 heavy (non-hydrogen) atoms. The van der Waals surface area contributed by atoms with E-state index in [0.717, 1.165) is 45.1 Å². The number of ether oxygens (including phenoxy) is 1. The maximum Gasteiger partial charge on any atom is 0.0484 e. The molecule has 1 saturated heterocycles. The molecule has 1 aliphatic rings. The lowest BCUT2D eigenvalue weighted by Crippen LogP contribution is -2.55. The van der Waals surface area contributed by atoms with Gasteiger partial charge in [-0.15, -0.1) is 0 Å². The van der Waals surface area contributed by atoms with Crippen LogP contribution in [0.3, 0.4) is 0 Å². The lowest BCUT2D eigenvalue weighted by molar-refractivity contribution is 0.0562. The molecule has 3 heteroatoms. The highest BCUT2D eigenvalue weighted by Crippen LogP contribution is 2.29. The summed E-state index contributed by atoms with van der Waals surface area (Å²) in [6, 6.07) is 0. The monoisotopic (exact) mass is 256 g/mol. The van der Waals surface area contributed by atoms with Gasteiger partial charge in [-0.05, 0) is 31.7 Å². The number of nitrogens with zero attached hydrogens (tertiary/aromatic N) is 1. The van der Waals surface area contributed by atoms with Gasteiger partial charge in [-0.1, -0.05) is 33.6 Å². The Balaban J connectivity index is 2.73. The summed E-state index contributed by atoms with van der Waals surface area (Å²) in [6.07, 6.45) is 5.97. The molecule has 1 fully saturated rings. The fraction of sp³-hybridized carbons (Fsp3) is 1.00. The smallest absolute Gasteiger partial charge is 0.0484 e. The first-order chi connectivity index (χ1) is 8.72. The van der Waals surface area contributed by atoms with Crippen LogP contribution in [0.2, 0.25) is 0 Å². The van der Waals surface area contributed by atoms with Crippen molar-refractivity contribution in [3.63, 3.8) is 0 Å². The van der Waals surface area contributed by atoms with Gasteiger partial charge in [0.2, 0.25) is 0 Å². The number of hydrogen-bond acceptors (Lipinski definition) is 3. The summed E-state index contributed by atoms with van der Waals surface area (Å²) in [5.74, 6) is 0.803. The zero-order valence-electron chi connectivity index (χ0n) is 12.6. The van der Waals surface area contributed by atoms with Gasteiger partial charge in [0, 0.05) is 31.8 Å². The van der Waals surface area contributed by atoms with E-state index in [2.05, 4.69) is 25.7 Å². The topological polar surface area (TPSA) is 38.5 Å². The van der Waals surface area contributed by atoms with Crippen molar-refractivity contribution < 1.29 is 4.74 Å². The Morgan fingerprint density at radius 1 is 1.17 bits per heavy atom. The van der Waals surface area contributed by atoms with Crippen LogP contribution in [0.1, 0.15) is 52.9 Å². The Hall–Kier alpha value is -0.120. The second kappa shape index (κ2) is 8.13. The van der Waals surface area contributed by atoms with Gasteiger partial charge in [0.15, 0.2) is 0 Å². The minimum atomic E-state index is 0.188. The first-order valence-corrected chi connectivity index (χ1v) is 7.75. The molecule has 0 saturated carbocycles. The maximum atomic E-state index is 6.15. The second-order valence-corrected chi connectivity index (χ2v) is 5.62. The van der Waals surface area contributed by atoms with E-state index < -0.39 is 0 Å². The normalized spacial score (nSPS) is 25.7. The SMILES string of the molecule is CCC(CC)CN(CC)C1(CN)CCCOCC1. The first-order valence-electron chi connectivity index (χ1n) is 7.75. The maximum absolute atomic E-state index is 6.15. The Labute approximate surface area is 113 Å². The quantitative estimate of drug-likeness (QED) is 0.761. The average Bonchev–Trinajstić information content (AvgIpc) is 2.66. The Kier molecular flexibility index (Phi) is 7.20. The number of nitrogens with two attached hydrogens (primary N) is 1. The third kappa shape index (κ3) is 3.94. The van der Waals surface area contributed by atoms with Gasteiger partial charge < -0.3 is 10.5 Å². The zero-order valence-corrected chi connectivity index (χ0v) is 12.6. The highest BCUT2D eigenvalue weighted by molar-refractivity contribution is 4.93. The van der Waals surface area contributed by atoms with Crippen molar-refractivity contribution in [2.75, 3.05) is 32.8 Å². The third-order valence-corrected chi connectivity index (χ3v) is 4.71. The molecular weight excluding hydrogens is 224 g/mol. The highest BCUT2D eigenvalue weighted by Gasteiger charge is 2.35. The number of likely N-dealkylation sites (N-methyl/N-ethyl adjacent to an activating group) is 1. The lowest BCUT2D eigenvalue weighted by Gasteiger charge is -2.44. The van der Waals surface area contributed by atoms with Crippen LogP contribution < -0.4 is 5.73 Å². The molecule has 0 bridgehead atoms. The molecular formula is C15H32N2O. The molecule has 0 aromatic carbocycles. The first kappa shape index (κ1) is 15.9. The average molecular weight is 256 g/mol. The Morgan fingerprint density at radius 2 is 1.89 bits per heavy atom. The van der Waals surface area contributed by atoms with Gasteiger partial charge in [0.05, 0.1) is 0 Å². The molecule has 0 aliphatic carbocycles. The molecule has 0 spiro atoms. The van der Waals surface area contributed by atoms with Crippen LogP contribution in [-0.2, 0) is 4.74 Å². The molecule has 108 valence electrons. The van der Waals surface area contributed by atoms with E-state index in [1.165, 1.54) is 25.8 Å². The van der Waals surface area contributed by atoms with Crippen molar-refractivity contribution in [1.29, 1.82) is 0 Å². The standard InChI is InChI=1S/C15H32N2O/c1-4-14(5-2)12-17(6-3)15(13-16)8-7-10-18-11-9-15/h14H,4-13,16H2,1-3H3. The van der Waals surface area contributed by atoms with E-state index in [9.17, 15) is 0 Å². The van der Waals surface area contributed by atoms with Gasteiger partial charge in [-0.2, -0.15) is 0 Å². The molecule has 0 aromatic heterocycles. The van der Waals surface area contributed by atoms with Gasteiger partial charge >= 0.3 is 0 Å². The minimum absolute atomic E-state index is 0.188. The van der Waals surface area contributed by atoms with Crippen molar-refractivity contribution >= 4 is 0 Å². The molecule has 0 radical (unpaired) electrons. The molecule has 2 N–H and O–H groups in total. The van der Waals surface area contributed by atoms with Crippen molar-refractivity contribution in [1.82, 2.24) is 4.90 Å². The largest absolute Gasteiger partial charge is 0.381 e. The Bertz CT molecular complexity index is 209. The van der Waals surface area contributed by atoms with E-state index in [1.54, 1.807) is 0 Å². The van der Waals surface area contributed by atoms with Crippen LogP contribution in [0.4, 0.5) is 0 Å². The Morgan fingerprint density at radius 3 is 2.44 bits per heavy atom. The van der Waals surface area contributed by atoms with E-state index in [4.69, 9.17) is 10.5 Å². The summed E-state index contributed by atoms with van der Waals surface area (Å²) in [5, 5.41) is 0. The number of rotatable bonds is 7. The van der Waals surface area contributed by atoms with Crippen LogP contribution in [0.15, 0.2) is 0 Å². The van der Waals surface area contributed by atoms with Crippen LogP contribution in [0.25, 0.3) is 0 Å². The predicted octanol–water partition coefficient (Wildman–Crippen LogP) is 2.64. The predicted molar refractivity (Wildman–Crippen MR) is 77.8 cm³/mol.